The molecule has 2 N–H and O–H groups in total. The van der Waals surface area contributed by atoms with Crippen LogP contribution in [0.4, 0.5) is 17.1 Å². The van der Waals surface area contributed by atoms with E-state index < -0.39 is 0 Å². The van der Waals surface area contributed by atoms with Gasteiger partial charge in [0, 0.05) is 42.9 Å². The first-order valence-electron chi connectivity index (χ1n) is 7.99. The zero-order valence-electron chi connectivity index (χ0n) is 14.2. The van der Waals surface area contributed by atoms with Crippen LogP contribution in [0.2, 0.25) is 0 Å². The molecule has 0 saturated heterocycles. The third-order valence-electron chi connectivity index (χ3n) is 3.74. The molecule has 5 heteroatoms. The first kappa shape index (κ1) is 16.9. The molecule has 0 amide bonds. The molecule has 0 aliphatic rings. The van der Waals surface area contributed by atoms with Crippen LogP contribution < -0.4 is 15.5 Å². The van der Waals surface area contributed by atoms with Crippen LogP contribution in [0, 0.1) is 0 Å². The number of anilines is 3. The summed E-state index contributed by atoms with van der Waals surface area (Å²) in [5.74, 6) is 0. The van der Waals surface area contributed by atoms with Crippen molar-refractivity contribution in [2.24, 2.45) is 0 Å². The van der Waals surface area contributed by atoms with Gasteiger partial charge in [-0.15, -0.1) is 0 Å². The third-order valence-corrected chi connectivity index (χ3v) is 3.95. The Balaban J connectivity index is 1.61. The lowest BCUT2D eigenvalue weighted by Crippen LogP contribution is -2.19. The summed E-state index contributed by atoms with van der Waals surface area (Å²) in [7, 11) is 4.03. The predicted molar refractivity (Wildman–Crippen MR) is 110 cm³/mol. The van der Waals surface area contributed by atoms with Gasteiger partial charge in [-0.3, -0.25) is 4.98 Å². The minimum Gasteiger partial charge on any atom is -0.378 e. The molecule has 1 heterocycles. The molecule has 0 fully saturated rings. The highest BCUT2D eigenvalue weighted by atomic mass is 32.1. The number of pyridine rings is 1. The van der Waals surface area contributed by atoms with Gasteiger partial charge in [0.25, 0.3) is 0 Å². The average molecular weight is 348 g/mol. The molecule has 0 aliphatic carbocycles. The summed E-state index contributed by atoms with van der Waals surface area (Å²) in [5, 5.41) is 6.95. The van der Waals surface area contributed by atoms with Crippen molar-refractivity contribution in [2.45, 2.75) is 0 Å². The zero-order chi connectivity index (χ0) is 17.6. The fraction of sp³-hybridized carbons (Fsp3) is 0.100. The van der Waals surface area contributed by atoms with Crippen LogP contribution in [-0.2, 0) is 0 Å². The van der Waals surface area contributed by atoms with E-state index in [1.165, 1.54) is 0 Å². The van der Waals surface area contributed by atoms with E-state index in [9.17, 15) is 0 Å². The lowest BCUT2D eigenvalue weighted by molar-refractivity contribution is 1.13. The number of thiocarbonyl (C=S) groups is 1. The van der Waals surface area contributed by atoms with Gasteiger partial charge in [0.1, 0.15) is 0 Å². The van der Waals surface area contributed by atoms with Gasteiger partial charge < -0.3 is 15.5 Å². The van der Waals surface area contributed by atoms with Gasteiger partial charge in [0.2, 0.25) is 0 Å². The largest absolute Gasteiger partial charge is 0.378 e. The number of hydrogen-bond donors (Lipinski definition) is 2. The summed E-state index contributed by atoms with van der Waals surface area (Å²) >= 11 is 5.38. The van der Waals surface area contributed by atoms with Crippen LogP contribution in [0.15, 0.2) is 72.9 Å². The zero-order valence-corrected chi connectivity index (χ0v) is 15.0. The van der Waals surface area contributed by atoms with Crippen molar-refractivity contribution < 1.29 is 0 Å². The lowest BCUT2D eigenvalue weighted by Gasteiger charge is -2.14. The highest BCUT2D eigenvalue weighted by Gasteiger charge is 2.02. The molecule has 1 aromatic heterocycles. The Hall–Kier alpha value is -2.92. The van der Waals surface area contributed by atoms with E-state index in [-0.39, 0.29) is 0 Å². The molecule has 4 nitrogen and oxygen atoms in total. The number of rotatable bonds is 4. The van der Waals surface area contributed by atoms with Crippen molar-refractivity contribution in [3.05, 3.63) is 72.9 Å². The smallest absolute Gasteiger partial charge is 0.175 e. The SMILES string of the molecule is CN(C)c1ccc(NC(=S)Nc2ccc(-c3ccccn3)cc2)cc1. The number of nitrogens with zero attached hydrogens (tertiary/aromatic N) is 2. The van der Waals surface area contributed by atoms with Crippen molar-refractivity contribution in [3.63, 3.8) is 0 Å². The molecule has 0 atom stereocenters. The first-order valence-corrected chi connectivity index (χ1v) is 8.39. The van der Waals surface area contributed by atoms with E-state index >= 15 is 0 Å². The highest BCUT2D eigenvalue weighted by molar-refractivity contribution is 7.80. The Labute approximate surface area is 153 Å². The summed E-state index contributed by atoms with van der Waals surface area (Å²) in [4.78, 5) is 6.41. The van der Waals surface area contributed by atoms with Gasteiger partial charge in [-0.2, -0.15) is 0 Å². The Morgan fingerprint density at radius 2 is 1.44 bits per heavy atom. The quantitative estimate of drug-likeness (QED) is 0.673. The van der Waals surface area contributed by atoms with Crippen molar-refractivity contribution in [3.8, 4) is 11.3 Å². The second-order valence-electron chi connectivity index (χ2n) is 5.81. The molecule has 0 unspecified atom stereocenters. The second kappa shape index (κ2) is 7.77. The molecule has 3 aromatic rings. The minimum atomic E-state index is 0.559. The number of nitrogens with one attached hydrogen (secondary N) is 2. The molecule has 126 valence electrons. The Morgan fingerprint density at radius 3 is 1.96 bits per heavy atom. The molecule has 0 radical (unpaired) electrons. The van der Waals surface area contributed by atoms with E-state index in [4.69, 9.17) is 12.2 Å². The maximum absolute atomic E-state index is 5.38. The maximum Gasteiger partial charge on any atom is 0.175 e. The van der Waals surface area contributed by atoms with Gasteiger partial charge >= 0.3 is 0 Å². The van der Waals surface area contributed by atoms with Gasteiger partial charge in [-0.1, -0.05) is 18.2 Å². The van der Waals surface area contributed by atoms with Crippen molar-refractivity contribution in [1.29, 1.82) is 0 Å². The van der Waals surface area contributed by atoms with Gasteiger partial charge in [0.05, 0.1) is 5.69 Å². The van der Waals surface area contributed by atoms with E-state index in [0.29, 0.717) is 5.11 Å². The fourth-order valence-electron chi connectivity index (χ4n) is 2.39. The van der Waals surface area contributed by atoms with E-state index in [0.717, 1.165) is 28.3 Å². The molecule has 2 aromatic carbocycles. The summed E-state index contributed by atoms with van der Waals surface area (Å²) in [6.45, 7) is 0. The van der Waals surface area contributed by atoms with Crippen molar-refractivity contribution >= 4 is 34.4 Å². The number of benzene rings is 2. The lowest BCUT2D eigenvalue weighted by atomic mass is 10.1. The Kier molecular flexibility index (Phi) is 5.26. The number of aromatic nitrogens is 1. The molecule has 25 heavy (non-hydrogen) atoms. The van der Waals surface area contributed by atoms with Gasteiger partial charge in [-0.25, -0.2) is 0 Å². The van der Waals surface area contributed by atoms with Crippen LogP contribution in [0.1, 0.15) is 0 Å². The summed E-state index contributed by atoms with van der Waals surface area (Å²) in [6, 6.07) is 22.0. The Morgan fingerprint density at radius 1 is 0.840 bits per heavy atom. The minimum absolute atomic E-state index is 0.559. The van der Waals surface area contributed by atoms with Gasteiger partial charge in [-0.05, 0) is 60.7 Å². The molecule has 0 aliphatic heterocycles. The predicted octanol–water partition coefficient (Wildman–Crippen LogP) is 4.62. The maximum atomic E-state index is 5.38. The number of hydrogen-bond acceptors (Lipinski definition) is 3. The van der Waals surface area contributed by atoms with Crippen molar-refractivity contribution in [1.82, 2.24) is 4.98 Å². The Bertz CT molecular complexity index is 828. The van der Waals surface area contributed by atoms with E-state index in [1.54, 1.807) is 6.20 Å². The molecular weight excluding hydrogens is 328 g/mol. The van der Waals surface area contributed by atoms with Crippen LogP contribution in [0.25, 0.3) is 11.3 Å². The molecule has 0 saturated carbocycles. The average Bonchev–Trinajstić information content (AvgIpc) is 2.63. The third kappa shape index (κ3) is 4.55. The van der Waals surface area contributed by atoms with Crippen LogP contribution in [0.5, 0.6) is 0 Å². The topological polar surface area (TPSA) is 40.2 Å². The monoisotopic (exact) mass is 348 g/mol. The summed E-state index contributed by atoms with van der Waals surface area (Å²) in [5.41, 5.74) is 5.06. The van der Waals surface area contributed by atoms with Gasteiger partial charge in [0.15, 0.2) is 5.11 Å². The van der Waals surface area contributed by atoms with Crippen LogP contribution in [0.3, 0.4) is 0 Å². The van der Waals surface area contributed by atoms with Crippen LogP contribution in [-0.4, -0.2) is 24.2 Å². The van der Waals surface area contributed by atoms with Crippen molar-refractivity contribution in [2.75, 3.05) is 29.6 Å². The van der Waals surface area contributed by atoms with Crippen LogP contribution >= 0.6 is 12.2 Å². The first-order chi connectivity index (χ1) is 12.1. The second-order valence-corrected chi connectivity index (χ2v) is 6.22. The molecule has 0 bridgehead atoms. The molecule has 0 spiro atoms. The standard InChI is InChI=1S/C20H20N4S/c1-24(2)18-12-10-17(11-13-18)23-20(25)22-16-8-6-15(7-9-16)19-5-3-4-14-21-19/h3-14H,1-2H3,(H2,22,23,25). The molecule has 3 rings (SSSR count). The fourth-order valence-corrected chi connectivity index (χ4v) is 2.63. The van der Waals surface area contributed by atoms with E-state index in [2.05, 4.69) is 20.5 Å². The summed E-state index contributed by atoms with van der Waals surface area (Å²) < 4.78 is 0. The molecular formula is C20H20N4S. The highest BCUT2D eigenvalue weighted by Crippen LogP contribution is 2.20. The van der Waals surface area contributed by atoms with E-state index in [1.807, 2.05) is 80.8 Å². The summed E-state index contributed by atoms with van der Waals surface area (Å²) in [6.07, 6.45) is 1.79. The normalized spacial score (nSPS) is 10.2.